The van der Waals surface area contributed by atoms with Crippen molar-refractivity contribution in [3.63, 3.8) is 0 Å². The molecular formula is C14H12ClNOS. The first-order chi connectivity index (χ1) is 8.78. The summed E-state index contributed by atoms with van der Waals surface area (Å²) in [5.41, 5.74) is 1.01. The second-order valence-electron chi connectivity index (χ2n) is 3.56. The third kappa shape index (κ3) is 3.79. The Balaban J connectivity index is 2.00. The Kier molecular flexibility index (Phi) is 4.67. The van der Waals surface area contributed by atoms with Crippen molar-refractivity contribution in [2.45, 2.75) is 4.90 Å². The molecule has 2 aromatic rings. The molecule has 0 heterocycles. The van der Waals surface area contributed by atoms with Crippen molar-refractivity contribution in [3.8, 4) is 5.75 Å². The van der Waals surface area contributed by atoms with Gasteiger partial charge in [-0.25, -0.2) is 4.40 Å². The fourth-order valence-corrected chi connectivity index (χ4v) is 2.05. The van der Waals surface area contributed by atoms with Crippen LogP contribution in [0.2, 0.25) is 5.02 Å². The molecule has 92 valence electrons. The Morgan fingerprint density at radius 2 is 1.94 bits per heavy atom. The topological polar surface area (TPSA) is 21.6 Å². The molecule has 4 heteroatoms. The van der Waals surface area contributed by atoms with E-state index < -0.39 is 0 Å². The van der Waals surface area contributed by atoms with Gasteiger partial charge in [-0.1, -0.05) is 23.7 Å². The standard InChI is InChI=1S/C14H12ClNOS/c1-17-13-4-2-3-11(9-13)10-16-18-14-7-5-12(15)6-8-14/h2-10H,1H3/b16-10+. The highest BCUT2D eigenvalue weighted by molar-refractivity contribution is 7.98. The van der Waals surface area contributed by atoms with Crippen molar-refractivity contribution in [2.75, 3.05) is 7.11 Å². The van der Waals surface area contributed by atoms with Crippen molar-refractivity contribution >= 4 is 29.8 Å². The Hall–Kier alpha value is -1.45. The van der Waals surface area contributed by atoms with E-state index in [-0.39, 0.29) is 0 Å². The van der Waals surface area contributed by atoms with Crippen molar-refractivity contribution in [3.05, 3.63) is 59.1 Å². The molecule has 0 aliphatic carbocycles. The summed E-state index contributed by atoms with van der Waals surface area (Å²) in [7, 11) is 1.65. The van der Waals surface area contributed by atoms with Crippen molar-refractivity contribution in [1.82, 2.24) is 0 Å². The van der Waals surface area contributed by atoms with Gasteiger partial charge < -0.3 is 4.74 Å². The van der Waals surface area contributed by atoms with E-state index in [0.717, 1.165) is 21.2 Å². The molecule has 0 amide bonds. The lowest BCUT2D eigenvalue weighted by Gasteiger charge is -1.99. The number of rotatable bonds is 4. The predicted molar refractivity (Wildman–Crippen MR) is 77.9 cm³/mol. The number of benzene rings is 2. The van der Waals surface area contributed by atoms with E-state index in [4.69, 9.17) is 16.3 Å². The van der Waals surface area contributed by atoms with Crippen LogP contribution in [-0.4, -0.2) is 13.3 Å². The fraction of sp³-hybridized carbons (Fsp3) is 0.0714. The number of halogens is 1. The highest BCUT2D eigenvalue weighted by Gasteiger charge is 1.94. The second-order valence-corrected chi connectivity index (χ2v) is 4.86. The lowest BCUT2D eigenvalue weighted by Crippen LogP contribution is -1.85. The third-order valence-corrected chi connectivity index (χ3v) is 3.21. The summed E-state index contributed by atoms with van der Waals surface area (Å²) >= 11 is 7.22. The SMILES string of the molecule is COc1cccc(/C=N/Sc2ccc(Cl)cc2)c1. The molecule has 0 unspecified atom stereocenters. The monoisotopic (exact) mass is 277 g/mol. The molecule has 2 rings (SSSR count). The maximum Gasteiger partial charge on any atom is 0.119 e. The molecule has 0 aromatic heterocycles. The molecular weight excluding hydrogens is 266 g/mol. The zero-order valence-electron chi connectivity index (χ0n) is 9.84. The Morgan fingerprint density at radius 3 is 2.67 bits per heavy atom. The van der Waals surface area contributed by atoms with E-state index in [9.17, 15) is 0 Å². The highest BCUT2D eigenvalue weighted by Crippen LogP contribution is 2.21. The summed E-state index contributed by atoms with van der Waals surface area (Å²) in [6.45, 7) is 0. The first-order valence-electron chi connectivity index (χ1n) is 5.38. The second kappa shape index (κ2) is 6.47. The maximum absolute atomic E-state index is 5.81. The zero-order valence-corrected chi connectivity index (χ0v) is 11.4. The number of hydrogen-bond donors (Lipinski definition) is 0. The van der Waals surface area contributed by atoms with E-state index in [1.165, 1.54) is 11.9 Å². The Bertz CT molecular complexity index is 540. The predicted octanol–water partition coefficient (Wildman–Crippen LogP) is 4.47. The number of methoxy groups -OCH3 is 1. The largest absolute Gasteiger partial charge is 0.497 e. The Morgan fingerprint density at radius 1 is 1.17 bits per heavy atom. The van der Waals surface area contributed by atoms with Crippen LogP contribution in [0.3, 0.4) is 0 Å². The molecule has 0 saturated carbocycles. The van der Waals surface area contributed by atoms with Crippen LogP contribution >= 0.6 is 23.5 Å². The van der Waals surface area contributed by atoms with Crippen molar-refractivity contribution < 1.29 is 4.74 Å². The minimum atomic E-state index is 0.733. The third-order valence-electron chi connectivity index (χ3n) is 2.27. The van der Waals surface area contributed by atoms with Gasteiger partial charge in [0.25, 0.3) is 0 Å². The van der Waals surface area contributed by atoms with Crippen LogP contribution in [0.1, 0.15) is 5.56 Å². The average Bonchev–Trinajstić information content (AvgIpc) is 2.41. The first kappa shape index (κ1) is 13.0. The minimum Gasteiger partial charge on any atom is -0.497 e. The molecule has 0 radical (unpaired) electrons. The van der Waals surface area contributed by atoms with Gasteiger partial charge in [0.15, 0.2) is 0 Å². The number of ether oxygens (including phenoxy) is 1. The molecule has 0 N–H and O–H groups in total. The van der Waals surface area contributed by atoms with Crippen LogP contribution in [0.25, 0.3) is 0 Å². The average molecular weight is 278 g/mol. The molecule has 0 bridgehead atoms. The summed E-state index contributed by atoms with van der Waals surface area (Å²) in [5, 5.41) is 0.733. The smallest absolute Gasteiger partial charge is 0.119 e. The number of nitrogens with zero attached hydrogens (tertiary/aromatic N) is 1. The summed E-state index contributed by atoms with van der Waals surface area (Å²) < 4.78 is 9.46. The van der Waals surface area contributed by atoms with Gasteiger partial charge >= 0.3 is 0 Å². The first-order valence-corrected chi connectivity index (χ1v) is 6.53. The van der Waals surface area contributed by atoms with Gasteiger partial charge in [0.05, 0.1) is 7.11 Å². The van der Waals surface area contributed by atoms with Gasteiger partial charge in [-0.3, -0.25) is 0 Å². The Labute approximate surface area is 116 Å². The van der Waals surface area contributed by atoms with Crippen LogP contribution in [0.4, 0.5) is 0 Å². The molecule has 0 atom stereocenters. The highest BCUT2D eigenvalue weighted by atomic mass is 35.5. The summed E-state index contributed by atoms with van der Waals surface area (Å²) in [4.78, 5) is 1.05. The lowest BCUT2D eigenvalue weighted by molar-refractivity contribution is 0.415. The quantitative estimate of drug-likeness (QED) is 0.607. The van der Waals surface area contributed by atoms with Crippen LogP contribution in [0.15, 0.2) is 57.8 Å². The van der Waals surface area contributed by atoms with Gasteiger partial charge in [-0.05, 0) is 42.0 Å². The molecule has 0 saturated heterocycles. The van der Waals surface area contributed by atoms with Gasteiger partial charge in [-0.15, -0.1) is 0 Å². The van der Waals surface area contributed by atoms with Crippen LogP contribution in [0.5, 0.6) is 5.75 Å². The van der Waals surface area contributed by atoms with E-state index >= 15 is 0 Å². The van der Waals surface area contributed by atoms with E-state index in [1.54, 1.807) is 7.11 Å². The maximum atomic E-state index is 5.81. The fourth-order valence-electron chi connectivity index (χ4n) is 1.37. The van der Waals surface area contributed by atoms with E-state index in [2.05, 4.69) is 4.40 Å². The molecule has 0 aliphatic rings. The molecule has 0 fully saturated rings. The lowest BCUT2D eigenvalue weighted by atomic mass is 10.2. The van der Waals surface area contributed by atoms with Gasteiger partial charge in [0.2, 0.25) is 0 Å². The molecule has 18 heavy (non-hydrogen) atoms. The van der Waals surface area contributed by atoms with Crippen LogP contribution in [-0.2, 0) is 0 Å². The van der Waals surface area contributed by atoms with Crippen LogP contribution in [0, 0.1) is 0 Å². The molecule has 0 spiro atoms. The summed E-state index contributed by atoms with van der Waals surface area (Å²) in [5.74, 6) is 0.829. The van der Waals surface area contributed by atoms with Gasteiger partial charge in [-0.2, -0.15) is 0 Å². The van der Waals surface area contributed by atoms with Crippen molar-refractivity contribution in [1.29, 1.82) is 0 Å². The van der Waals surface area contributed by atoms with Gasteiger partial charge in [0, 0.05) is 28.1 Å². The van der Waals surface area contributed by atoms with E-state index in [0.29, 0.717) is 0 Å². The minimum absolute atomic E-state index is 0.733. The molecule has 2 aromatic carbocycles. The van der Waals surface area contributed by atoms with Crippen LogP contribution < -0.4 is 4.74 Å². The molecule has 0 aliphatic heterocycles. The zero-order chi connectivity index (χ0) is 12.8. The molecule has 2 nitrogen and oxygen atoms in total. The summed E-state index contributed by atoms with van der Waals surface area (Å²) in [6, 6.07) is 15.3. The van der Waals surface area contributed by atoms with Crippen molar-refractivity contribution in [2.24, 2.45) is 4.40 Å². The van der Waals surface area contributed by atoms with Gasteiger partial charge in [0.1, 0.15) is 5.75 Å². The normalized spacial score (nSPS) is 10.8. The van der Waals surface area contributed by atoms with E-state index in [1.807, 2.05) is 54.7 Å². The summed E-state index contributed by atoms with van der Waals surface area (Å²) in [6.07, 6.45) is 1.81. The number of hydrogen-bond acceptors (Lipinski definition) is 3.